The topological polar surface area (TPSA) is 58.1 Å². The summed E-state index contributed by atoms with van der Waals surface area (Å²) in [5.41, 5.74) is 3.89. The summed E-state index contributed by atoms with van der Waals surface area (Å²) in [5.74, 6) is 0.565. The molecular formula is C23H26N4OS. The number of aromatic nitrogens is 2. The molecule has 1 aromatic carbocycles. The van der Waals surface area contributed by atoms with Crippen molar-refractivity contribution in [3.05, 3.63) is 53.9 Å². The number of pyridine rings is 2. The normalized spacial score (nSPS) is 16.8. The Morgan fingerprint density at radius 2 is 2.14 bits per heavy atom. The van der Waals surface area contributed by atoms with Crippen LogP contribution in [0.1, 0.15) is 35.8 Å². The SMILES string of the molecule is CSc1cccc(Nc2c(C(=O)N3CCC[C@@H](C)C3)cnc3nc(C)ccc23)c1. The van der Waals surface area contributed by atoms with Crippen molar-refractivity contribution in [2.24, 2.45) is 5.92 Å². The Bertz CT molecular complexity index is 1050. The molecule has 5 nitrogen and oxygen atoms in total. The van der Waals surface area contributed by atoms with E-state index in [0.717, 1.165) is 42.0 Å². The van der Waals surface area contributed by atoms with E-state index in [9.17, 15) is 4.79 Å². The van der Waals surface area contributed by atoms with Gasteiger partial charge in [-0.05, 0) is 62.3 Å². The lowest BCUT2D eigenvalue weighted by molar-refractivity contribution is 0.0684. The van der Waals surface area contributed by atoms with Gasteiger partial charge in [-0.15, -0.1) is 11.8 Å². The third kappa shape index (κ3) is 4.22. The first kappa shape index (κ1) is 19.7. The molecule has 3 heterocycles. The monoisotopic (exact) mass is 406 g/mol. The quantitative estimate of drug-likeness (QED) is 0.598. The molecule has 1 N–H and O–H groups in total. The number of nitrogens with one attached hydrogen (secondary N) is 1. The van der Waals surface area contributed by atoms with Crippen LogP contribution in [0.25, 0.3) is 11.0 Å². The summed E-state index contributed by atoms with van der Waals surface area (Å²) in [5, 5.41) is 4.36. The fourth-order valence-corrected chi connectivity index (χ4v) is 4.32. The Hall–Kier alpha value is -2.60. The number of amides is 1. The zero-order valence-corrected chi connectivity index (χ0v) is 17.9. The van der Waals surface area contributed by atoms with E-state index in [1.54, 1.807) is 18.0 Å². The van der Waals surface area contributed by atoms with Crippen LogP contribution in [-0.2, 0) is 0 Å². The summed E-state index contributed by atoms with van der Waals surface area (Å²) in [6.45, 7) is 5.75. The fourth-order valence-electron chi connectivity index (χ4n) is 3.86. The van der Waals surface area contributed by atoms with Crippen LogP contribution in [0, 0.1) is 12.8 Å². The zero-order chi connectivity index (χ0) is 20.4. The number of hydrogen-bond donors (Lipinski definition) is 1. The van der Waals surface area contributed by atoms with Crippen LogP contribution in [0.5, 0.6) is 0 Å². The van der Waals surface area contributed by atoms with E-state index in [1.165, 1.54) is 11.3 Å². The number of aryl methyl sites for hydroxylation is 1. The zero-order valence-electron chi connectivity index (χ0n) is 17.1. The lowest BCUT2D eigenvalue weighted by atomic mass is 9.99. The van der Waals surface area contributed by atoms with Gasteiger partial charge in [-0.3, -0.25) is 4.79 Å². The van der Waals surface area contributed by atoms with E-state index < -0.39 is 0 Å². The van der Waals surface area contributed by atoms with Gasteiger partial charge in [-0.2, -0.15) is 0 Å². The largest absolute Gasteiger partial charge is 0.354 e. The molecule has 0 radical (unpaired) electrons. The predicted octanol–water partition coefficient (Wildman–Crippen LogP) is 5.28. The number of anilines is 2. The van der Waals surface area contributed by atoms with Gasteiger partial charge in [0.1, 0.15) is 0 Å². The Balaban J connectivity index is 1.79. The van der Waals surface area contributed by atoms with Gasteiger partial charge in [0, 0.05) is 40.9 Å². The van der Waals surface area contributed by atoms with E-state index in [0.29, 0.717) is 17.1 Å². The number of thioether (sulfide) groups is 1. The van der Waals surface area contributed by atoms with Crippen LogP contribution in [-0.4, -0.2) is 40.1 Å². The highest BCUT2D eigenvalue weighted by Crippen LogP contribution is 2.31. The first-order chi connectivity index (χ1) is 14.0. The third-order valence-corrected chi connectivity index (χ3v) is 6.11. The molecule has 1 aliphatic heterocycles. The maximum absolute atomic E-state index is 13.4. The minimum Gasteiger partial charge on any atom is -0.354 e. The number of nitrogens with zero attached hydrogens (tertiary/aromatic N) is 3. The highest BCUT2D eigenvalue weighted by molar-refractivity contribution is 7.98. The van der Waals surface area contributed by atoms with Gasteiger partial charge in [0.2, 0.25) is 0 Å². The molecule has 4 rings (SSSR count). The van der Waals surface area contributed by atoms with Crippen molar-refractivity contribution in [3.63, 3.8) is 0 Å². The molecule has 1 amide bonds. The smallest absolute Gasteiger partial charge is 0.257 e. The molecule has 29 heavy (non-hydrogen) atoms. The van der Waals surface area contributed by atoms with Crippen LogP contribution in [0.2, 0.25) is 0 Å². The molecular weight excluding hydrogens is 380 g/mol. The maximum Gasteiger partial charge on any atom is 0.257 e. The number of hydrogen-bond acceptors (Lipinski definition) is 5. The molecule has 3 aromatic rings. The van der Waals surface area contributed by atoms with Crippen molar-refractivity contribution < 1.29 is 4.79 Å². The van der Waals surface area contributed by atoms with Gasteiger partial charge in [-0.25, -0.2) is 9.97 Å². The van der Waals surface area contributed by atoms with Crippen LogP contribution in [0.3, 0.4) is 0 Å². The lowest BCUT2D eigenvalue weighted by Crippen LogP contribution is -2.39. The van der Waals surface area contributed by atoms with Gasteiger partial charge in [0.05, 0.1) is 11.3 Å². The maximum atomic E-state index is 13.4. The summed E-state index contributed by atoms with van der Waals surface area (Å²) in [6.07, 6.45) is 5.96. The van der Waals surface area contributed by atoms with E-state index in [1.807, 2.05) is 36.1 Å². The van der Waals surface area contributed by atoms with Crippen LogP contribution < -0.4 is 5.32 Å². The van der Waals surface area contributed by atoms with Crippen LogP contribution >= 0.6 is 11.8 Å². The first-order valence-electron chi connectivity index (χ1n) is 10.0. The summed E-state index contributed by atoms with van der Waals surface area (Å²) in [7, 11) is 0. The standard InChI is InChI=1S/C23H26N4OS/c1-15-6-5-11-27(14-15)23(28)20-13-24-22-19(10-9-16(2)25-22)21(20)26-17-7-4-8-18(12-17)29-3/h4,7-10,12-13,15H,5-6,11,14H2,1-3H3,(H,24,25,26)/t15-/m1/s1. The Labute approximate surface area is 175 Å². The van der Waals surface area contributed by atoms with Gasteiger partial charge in [-0.1, -0.05) is 13.0 Å². The first-order valence-corrected chi connectivity index (χ1v) is 11.2. The highest BCUT2D eigenvalue weighted by atomic mass is 32.2. The van der Waals surface area contributed by atoms with Crippen molar-refractivity contribution in [3.8, 4) is 0 Å². The number of piperidine rings is 1. The van der Waals surface area contributed by atoms with E-state index in [2.05, 4.69) is 40.6 Å². The minimum absolute atomic E-state index is 0.0371. The van der Waals surface area contributed by atoms with E-state index in [-0.39, 0.29) is 5.91 Å². The average molecular weight is 407 g/mol. The molecule has 6 heteroatoms. The van der Waals surface area contributed by atoms with Gasteiger partial charge >= 0.3 is 0 Å². The number of likely N-dealkylation sites (tertiary alicyclic amines) is 1. The molecule has 1 atom stereocenters. The summed E-state index contributed by atoms with van der Waals surface area (Å²) in [4.78, 5) is 25.6. The Morgan fingerprint density at radius 1 is 1.28 bits per heavy atom. The number of carbonyl (C=O) groups is 1. The van der Waals surface area contributed by atoms with Gasteiger partial charge in [0.15, 0.2) is 5.65 Å². The van der Waals surface area contributed by atoms with Crippen molar-refractivity contribution in [2.45, 2.75) is 31.6 Å². The molecule has 1 aliphatic rings. The average Bonchev–Trinajstić information content (AvgIpc) is 2.73. The summed E-state index contributed by atoms with van der Waals surface area (Å²) in [6, 6.07) is 12.2. The minimum atomic E-state index is 0.0371. The molecule has 0 aliphatic carbocycles. The van der Waals surface area contributed by atoms with Gasteiger partial charge in [0.25, 0.3) is 5.91 Å². The van der Waals surface area contributed by atoms with Crippen molar-refractivity contribution in [2.75, 3.05) is 24.7 Å². The second-order valence-corrected chi connectivity index (χ2v) is 8.61. The highest BCUT2D eigenvalue weighted by Gasteiger charge is 2.25. The van der Waals surface area contributed by atoms with E-state index in [4.69, 9.17) is 0 Å². The molecule has 150 valence electrons. The molecule has 0 saturated carbocycles. The number of rotatable bonds is 4. The molecule has 0 unspecified atom stereocenters. The fraction of sp³-hybridized carbons (Fsp3) is 0.348. The van der Waals surface area contributed by atoms with E-state index >= 15 is 0 Å². The van der Waals surface area contributed by atoms with Crippen molar-refractivity contribution in [1.82, 2.24) is 14.9 Å². The van der Waals surface area contributed by atoms with Crippen molar-refractivity contribution in [1.29, 1.82) is 0 Å². The second-order valence-electron chi connectivity index (χ2n) is 7.73. The van der Waals surface area contributed by atoms with Gasteiger partial charge < -0.3 is 10.2 Å². The molecule has 2 aromatic heterocycles. The molecule has 0 bridgehead atoms. The number of benzene rings is 1. The predicted molar refractivity (Wildman–Crippen MR) is 120 cm³/mol. The second kappa shape index (κ2) is 8.41. The third-order valence-electron chi connectivity index (χ3n) is 5.38. The lowest BCUT2D eigenvalue weighted by Gasteiger charge is -2.31. The molecule has 0 spiro atoms. The molecule has 1 saturated heterocycles. The Kier molecular flexibility index (Phi) is 5.72. The number of carbonyl (C=O) groups excluding carboxylic acids is 1. The number of fused-ring (bicyclic) bond motifs is 1. The summed E-state index contributed by atoms with van der Waals surface area (Å²) >= 11 is 1.69. The Morgan fingerprint density at radius 3 is 2.93 bits per heavy atom. The van der Waals surface area contributed by atoms with Crippen LogP contribution in [0.4, 0.5) is 11.4 Å². The van der Waals surface area contributed by atoms with Crippen molar-refractivity contribution >= 4 is 40.1 Å². The molecule has 1 fully saturated rings. The van der Waals surface area contributed by atoms with Crippen LogP contribution in [0.15, 0.2) is 47.5 Å². The summed E-state index contributed by atoms with van der Waals surface area (Å²) < 4.78 is 0.